The van der Waals surface area contributed by atoms with Crippen molar-refractivity contribution in [3.05, 3.63) is 58.2 Å². The van der Waals surface area contributed by atoms with E-state index in [0.29, 0.717) is 16.0 Å². The van der Waals surface area contributed by atoms with E-state index in [1.807, 2.05) is 31.6 Å². The predicted molar refractivity (Wildman–Crippen MR) is 108 cm³/mol. The second kappa shape index (κ2) is 7.35. The van der Waals surface area contributed by atoms with Gasteiger partial charge in [-0.3, -0.25) is 18.8 Å². The Morgan fingerprint density at radius 1 is 1.29 bits per heavy atom. The van der Waals surface area contributed by atoms with Gasteiger partial charge in [-0.05, 0) is 19.1 Å². The van der Waals surface area contributed by atoms with Crippen molar-refractivity contribution in [3.63, 3.8) is 0 Å². The first kappa shape index (κ1) is 18.1. The summed E-state index contributed by atoms with van der Waals surface area (Å²) in [5.74, 6) is -0.205. The van der Waals surface area contributed by atoms with E-state index in [9.17, 15) is 9.59 Å². The van der Waals surface area contributed by atoms with E-state index >= 15 is 0 Å². The van der Waals surface area contributed by atoms with Crippen molar-refractivity contribution in [1.29, 1.82) is 0 Å². The van der Waals surface area contributed by atoms with Gasteiger partial charge in [0.2, 0.25) is 5.91 Å². The molecule has 4 rings (SSSR count). The maximum Gasteiger partial charge on any atom is 0.261 e. The molecule has 0 spiro atoms. The number of nitrogens with zero attached hydrogens (tertiary/aromatic N) is 5. The standard InChI is InChI=1S/C19H18N6O2S/c1-12-14(9-24(2)23-12)16-10-28-19(21-16)22-17(26)7-8-25-11-20-15-6-4-3-5-13(15)18(25)27/h3-6,9-11H,7-8H2,1-2H3,(H,21,22,26). The molecule has 8 nitrogen and oxygen atoms in total. The second-order valence-electron chi connectivity index (χ2n) is 6.40. The molecule has 1 amide bonds. The van der Waals surface area contributed by atoms with Gasteiger partial charge in [-0.15, -0.1) is 11.3 Å². The zero-order valence-corrected chi connectivity index (χ0v) is 16.2. The molecule has 0 unspecified atom stereocenters. The number of nitrogens with one attached hydrogen (secondary N) is 1. The van der Waals surface area contributed by atoms with Gasteiger partial charge in [0, 0.05) is 37.2 Å². The summed E-state index contributed by atoms with van der Waals surface area (Å²) in [6.45, 7) is 2.17. The molecule has 4 aromatic rings. The number of thiazole rings is 1. The van der Waals surface area contributed by atoms with Gasteiger partial charge >= 0.3 is 0 Å². The fourth-order valence-electron chi connectivity index (χ4n) is 2.98. The van der Waals surface area contributed by atoms with E-state index in [1.54, 1.807) is 22.9 Å². The molecule has 3 heterocycles. The van der Waals surface area contributed by atoms with Crippen LogP contribution in [0.1, 0.15) is 12.1 Å². The van der Waals surface area contributed by atoms with Gasteiger partial charge in [0.1, 0.15) is 0 Å². The number of aromatic nitrogens is 5. The molecule has 142 valence electrons. The molecule has 0 bridgehead atoms. The predicted octanol–water partition coefficient (Wildman–Crippen LogP) is 2.59. The highest BCUT2D eigenvalue weighted by Crippen LogP contribution is 2.26. The number of para-hydroxylation sites is 1. The number of hydrogen-bond donors (Lipinski definition) is 1. The molecule has 1 aromatic carbocycles. The van der Waals surface area contributed by atoms with Crippen molar-refractivity contribution in [2.75, 3.05) is 5.32 Å². The van der Waals surface area contributed by atoms with Crippen LogP contribution in [0.2, 0.25) is 0 Å². The highest BCUT2D eigenvalue weighted by molar-refractivity contribution is 7.14. The summed E-state index contributed by atoms with van der Waals surface area (Å²) in [6.07, 6.45) is 3.53. The molecular formula is C19H18N6O2S. The summed E-state index contributed by atoms with van der Waals surface area (Å²) < 4.78 is 3.19. The highest BCUT2D eigenvalue weighted by atomic mass is 32.1. The lowest BCUT2D eigenvalue weighted by molar-refractivity contribution is -0.116. The van der Waals surface area contributed by atoms with Gasteiger partial charge in [-0.2, -0.15) is 5.10 Å². The third kappa shape index (κ3) is 3.56. The van der Waals surface area contributed by atoms with Gasteiger partial charge < -0.3 is 5.32 Å². The summed E-state index contributed by atoms with van der Waals surface area (Å²) in [5.41, 5.74) is 3.10. The monoisotopic (exact) mass is 394 g/mol. The summed E-state index contributed by atoms with van der Waals surface area (Å²) in [5, 5.41) is 10.0. The van der Waals surface area contributed by atoms with E-state index in [2.05, 4.69) is 20.4 Å². The van der Waals surface area contributed by atoms with E-state index < -0.39 is 0 Å². The SMILES string of the molecule is Cc1nn(C)cc1-c1csc(NC(=O)CCn2cnc3ccccc3c2=O)n1. The van der Waals surface area contributed by atoms with Crippen LogP contribution in [0, 0.1) is 6.92 Å². The topological polar surface area (TPSA) is 94.7 Å². The van der Waals surface area contributed by atoms with Crippen molar-refractivity contribution in [3.8, 4) is 11.3 Å². The van der Waals surface area contributed by atoms with Crippen LogP contribution in [0.25, 0.3) is 22.2 Å². The molecule has 3 aromatic heterocycles. The fraction of sp³-hybridized carbons (Fsp3) is 0.211. The van der Waals surface area contributed by atoms with Gasteiger partial charge in [0.05, 0.1) is 28.6 Å². The third-order valence-corrected chi connectivity index (χ3v) is 5.11. The lowest BCUT2D eigenvalue weighted by Crippen LogP contribution is -2.23. The Labute approximate surface area is 164 Å². The van der Waals surface area contributed by atoms with Crippen LogP contribution in [0.5, 0.6) is 0 Å². The Kier molecular flexibility index (Phi) is 4.74. The maximum absolute atomic E-state index is 12.5. The number of aryl methyl sites for hydroxylation is 3. The maximum atomic E-state index is 12.5. The largest absolute Gasteiger partial charge is 0.302 e. The first-order chi connectivity index (χ1) is 13.5. The number of carbonyl (C=O) groups excluding carboxylic acids is 1. The fourth-order valence-corrected chi connectivity index (χ4v) is 3.70. The van der Waals surface area contributed by atoms with E-state index in [1.165, 1.54) is 22.2 Å². The summed E-state index contributed by atoms with van der Waals surface area (Å²) in [4.78, 5) is 33.5. The quantitative estimate of drug-likeness (QED) is 0.561. The Bertz CT molecular complexity index is 1220. The molecule has 0 radical (unpaired) electrons. The molecule has 1 N–H and O–H groups in total. The smallest absolute Gasteiger partial charge is 0.261 e. The van der Waals surface area contributed by atoms with Crippen molar-refractivity contribution in [2.45, 2.75) is 19.9 Å². The molecule has 0 saturated heterocycles. The van der Waals surface area contributed by atoms with Crippen molar-refractivity contribution >= 4 is 33.3 Å². The molecule has 0 saturated carbocycles. The minimum Gasteiger partial charge on any atom is -0.302 e. The Hall–Kier alpha value is -3.33. The van der Waals surface area contributed by atoms with Crippen LogP contribution < -0.4 is 10.9 Å². The molecule has 0 atom stereocenters. The average molecular weight is 394 g/mol. The number of hydrogen-bond acceptors (Lipinski definition) is 6. The van der Waals surface area contributed by atoms with Crippen LogP contribution in [0.3, 0.4) is 0 Å². The molecular weight excluding hydrogens is 376 g/mol. The first-order valence-corrected chi connectivity index (χ1v) is 9.59. The number of carbonyl (C=O) groups is 1. The van der Waals surface area contributed by atoms with Gasteiger partial charge in [-0.1, -0.05) is 12.1 Å². The number of anilines is 1. The van der Waals surface area contributed by atoms with E-state index in [4.69, 9.17) is 0 Å². The normalized spacial score (nSPS) is 11.1. The van der Waals surface area contributed by atoms with Gasteiger partial charge in [0.15, 0.2) is 5.13 Å². The highest BCUT2D eigenvalue weighted by Gasteiger charge is 2.12. The minimum absolute atomic E-state index is 0.151. The Balaban J connectivity index is 1.42. The minimum atomic E-state index is -0.205. The molecule has 0 aliphatic rings. The van der Waals surface area contributed by atoms with Crippen LogP contribution in [0.4, 0.5) is 5.13 Å². The molecule has 9 heteroatoms. The van der Waals surface area contributed by atoms with Crippen LogP contribution in [-0.4, -0.2) is 30.2 Å². The third-order valence-electron chi connectivity index (χ3n) is 4.35. The van der Waals surface area contributed by atoms with Crippen LogP contribution >= 0.6 is 11.3 Å². The molecule has 0 fully saturated rings. The molecule has 0 aliphatic heterocycles. The second-order valence-corrected chi connectivity index (χ2v) is 7.26. The lowest BCUT2D eigenvalue weighted by atomic mass is 10.2. The van der Waals surface area contributed by atoms with Crippen LogP contribution in [0.15, 0.2) is 47.0 Å². The summed E-state index contributed by atoms with van der Waals surface area (Å²) in [7, 11) is 1.86. The number of benzene rings is 1. The number of fused-ring (bicyclic) bond motifs is 1. The molecule has 0 aliphatic carbocycles. The lowest BCUT2D eigenvalue weighted by Gasteiger charge is -2.06. The van der Waals surface area contributed by atoms with Gasteiger partial charge in [0.25, 0.3) is 5.56 Å². The van der Waals surface area contributed by atoms with Crippen LogP contribution in [-0.2, 0) is 18.4 Å². The zero-order chi connectivity index (χ0) is 19.7. The van der Waals surface area contributed by atoms with Gasteiger partial charge in [-0.25, -0.2) is 9.97 Å². The van der Waals surface area contributed by atoms with Crippen molar-refractivity contribution in [1.82, 2.24) is 24.3 Å². The number of amides is 1. The summed E-state index contributed by atoms with van der Waals surface area (Å²) >= 11 is 1.36. The van der Waals surface area contributed by atoms with E-state index in [0.717, 1.165) is 17.0 Å². The van der Waals surface area contributed by atoms with Crippen molar-refractivity contribution < 1.29 is 4.79 Å². The van der Waals surface area contributed by atoms with E-state index in [-0.39, 0.29) is 24.4 Å². The Morgan fingerprint density at radius 2 is 2.11 bits per heavy atom. The molecule has 28 heavy (non-hydrogen) atoms. The first-order valence-electron chi connectivity index (χ1n) is 8.71. The Morgan fingerprint density at radius 3 is 2.89 bits per heavy atom. The van der Waals surface area contributed by atoms with Crippen molar-refractivity contribution in [2.24, 2.45) is 7.05 Å². The zero-order valence-electron chi connectivity index (χ0n) is 15.4. The summed E-state index contributed by atoms with van der Waals surface area (Å²) in [6, 6.07) is 7.16. The average Bonchev–Trinajstić information content (AvgIpc) is 3.27. The number of rotatable bonds is 5.